The van der Waals surface area contributed by atoms with Crippen molar-refractivity contribution in [2.45, 2.75) is 26.4 Å². The molecule has 19 heavy (non-hydrogen) atoms. The first-order chi connectivity index (χ1) is 8.78. The summed E-state index contributed by atoms with van der Waals surface area (Å²) >= 11 is 8.92. The molecule has 0 unspecified atom stereocenters. The van der Waals surface area contributed by atoms with E-state index >= 15 is 0 Å². The summed E-state index contributed by atoms with van der Waals surface area (Å²) in [5, 5.41) is 10.3. The lowest BCUT2D eigenvalue weighted by Crippen LogP contribution is -2.32. The number of hydrogen-bond acceptors (Lipinski definition) is 4. The zero-order chi connectivity index (χ0) is 14.5. The molecule has 0 saturated heterocycles. The number of nitrogens with one attached hydrogen (secondary N) is 1. The largest absolute Gasteiger partial charge is 0.444 e. The third kappa shape index (κ3) is 6.41. The summed E-state index contributed by atoms with van der Waals surface area (Å²) in [6.07, 6.45) is -0.511. The normalized spacial score (nSPS) is 10.4. The van der Waals surface area contributed by atoms with Gasteiger partial charge in [0.1, 0.15) is 11.3 Å². The molecule has 102 valence electrons. The number of ether oxygens (including phenoxy) is 1. The minimum Gasteiger partial charge on any atom is -0.444 e. The van der Waals surface area contributed by atoms with E-state index in [0.29, 0.717) is 10.2 Å². The second-order valence-electron chi connectivity index (χ2n) is 4.52. The van der Waals surface area contributed by atoms with Gasteiger partial charge in [-0.25, -0.2) is 4.79 Å². The van der Waals surface area contributed by atoms with Crippen molar-refractivity contribution in [3.05, 3.63) is 21.4 Å². The second kappa shape index (κ2) is 6.73. The number of rotatable bonds is 1. The first-order valence-corrected chi connectivity index (χ1v) is 6.59. The van der Waals surface area contributed by atoms with E-state index < -0.39 is 11.7 Å². The fourth-order valence-corrected chi connectivity index (χ4v) is 1.66. The zero-order valence-corrected chi connectivity index (χ0v) is 13.1. The van der Waals surface area contributed by atoms with Gasteiger partial charge >= 0.3 is 6.09 Å². The van der Waals surface area contributed by atoms with Crippen LogP contribution in [0.2, 0.25) is 5.15 Å². The fourth-order valence-electron chi connectivity index (χ4n) is 0.990. The molecule has 7 heteroatoms. The lowest BCUT2D eigenvalue weighted by atomic mass is 10.2. The highest BCUT2D eigenvalue weighted by molar-refractivity contribution is 9.10. The van der Waals surface area contributed by atoms with E-state index in [2.05, 4.69) is 43.3 Å². The van der Waals surface area contributed by atoms with Gasteiger partial charge in [0.15, 0.2) is 5.15 Å². The summed E-state index contributed by atoms with van der Waals surface area (Å²) in [5.41, 5.74) is -0.0715. The van der Waals surface area contributed by atoms with Gasteiger partial charge in [0, 0.05) is 0 Å². The van der Waals surface area contributed by atoms with Crippen molar-refractivity contribution in [2.24, 2.45) is 0 Å². The number of alkyl carbamates (subject to hydrolysis) is 1. The number of hydrogen-bond donors (Lipinski definition) is 1. The van der Waals surface area contributed by atoms with E-state index in [1.54, 1.807) is 26.8 Å². The molecule has 0 radical (unpaired) electrons. The maximum Gasteiger partial charge on any atom is 0.408 e. The van der Waals surface area contributed by atoms with Gasteiger partial charge in [0.2, 0.25) is 0 Å². The average molecular weight is 347 g/mol. The van der Waals surface area contributed by atoms with Gasteiger partial charge in [-0.2, -0.15) is 0 Å². The van der Waals surface area contributed by atoms with Crippen LogP contribution in [0.15, 0.2) is 10.5 Å². The Morgan fingerprint density at radius 3 is 2.79 bits per heavy atom. The van der Waals surface area contributed by atoms with E-state index in [4.69, 9.17) is 16.3 Å². The lowest BCUT2D eigenvalue weighted by Gasteiger charge is -2.18. The summed E-state index contributed by atoms with van der Waals surface area (Å²) in [5.74, 6) is 5.50. The Labute approximate surface area is 125 Å². The van der Waals surface area contributed by atoms with Crippen molar-refractivity contribution < 1.29 is 9.53 Å². The number of carbonyl (C=O) groups excluding carboxylic acids is 1. The lowest BCUT2D eigenvalue weighted by molar-refractivity contribution is 0.0535. The average Bonchev–Trinajstić information content (AvgIpc) is 2.24. The van der Waals surface area contributed by atoms with Crippen molar-refractivity contribution >= 4 is 33.6 Å². The summed E-state index contributed by atoms with van der Waals surface area (Å²) in [7, 11) is 0. The highest BCUT2D eigenvalue weighted by atomic mass is 79.9. The fraction of sp³-hybridized carbons (Fsp3) is 0.417. The third-order valence-corrected chi connectivity index (χ3v) is 2.43. The van der Waals surface area contributed by atoms with Gasteiger partial charge in [0.05, 0.1) is 11.0 Å². The molecule has 0 saturated carbocycles. The van der Waals surface area contributed by atoms with Crippen LogP contribution in [-0.4, -0.2) is 28.4 Å². The van der Waals surface area contributed by atoms with Crippen LogP contribution in [-0.2, 0) is 4.74 Å². The summed E-state index contributed by atoms with van der Waals surface area (Å²) in [4.78, 5) is 11.3. The standard InChI is InChI=1S/C12H13BrClN3O2/c1-12(2,3)19-11(18)15-6-4-5-9-8(13)7-10(14)17-16-9/h7H,6H2,1-3H3,(H,15,18). The number of carbonyl (C=O) groups is 1. The molecule has 0 aliphatic carbocycles. The van der Waals surface area contributed by atoms with Crippen molar-refractivity contribution in [3.8, 4) is 11.8 Å². The molecule has 0 bridgehead atoms. The van der Waals surface area contributed by atoms with Crippen molar-refractivity contribution in [1.82, 2.24) is 15.5 Å². The van der Waals surface area contributed by atoms with Crippen molar-refractivity contribution in [2.75, 3.05) is 6.54 Å². The molecule has 5 nitrogen and oxygen atoms in total. The van der Waals surface area contributed by atoms with Gasteiger partial charge in [-0.15, -0.1) is 10.2 Å². The van der Waals surface area contributed by atoms with Crippen molar-refractivity contribution in [1.29, 1.82) is 0 Å². The van der Waals surface area contributed by atoms with E-state index in [1.807, 2.05) is 0 Å². The smallest absolute Gasteiger partial charge is 0.408 e. The minimum absolute atomic E-state index is 0.158. The van der Waals surface area contributed by atoms with E-state index in [-0.39, 0.29) is 11.7 Å². The predicted octanol–water partition coefficient (Wildman–Crippen LogP) is 2.77. The number of nitrogens with zero attached hydrogens (tertiary/aromatic N) is 2. The summed E-state index contributed by atoms with van der Waals surface area (Å²) in [6, 6.07) is 1.60. The highest BCUT2D eigenvalue weighted by Gasteiger charge is 2.14. The van der Waals surface area contributed by atoms with Crippen LogP contribution in [0.4, 0.5) is 4.79 Å². The van der Waals surface area contributed by atoms with E-state index in [0.717, 1.165) is 0 Å². The molecule has 0 fully saturated rings. The van der Waals surface area contributed by atoms with Gasteiger partial charge in [-0.05, 0) is 48.7 Å². The van der Waals surface area contributed by atoms with Crippen LogP contribution in [0.1, 0.15) is 26.5 Å². The number of halogens is 2. The SMILES string of the molecule is CC(C)(C)OC(=O)NCC#Cc1nnc(Cl)cc1Br. The molecule has 0 spiro atoms. The molecular weight excluding hydrogens is 334 g/mol. The monoisotopic (exact) mass is 345 g/mol. The molecule has 1 aromatic rings. The summed E-state index contributed by atoms with van der Waals surface area (Å²) < 4.78 is 5.71. The summed E-state index contributed by atoms with van der Waals surface area (Å²) in [6.45, 7) is 5.53. The Morgan fingerprint density at radius 2 is 2.21 bits per heavy atom. The maximum atomic E-state index is 11.3. The Hall–Kier alpha value is -1.32. The number of amides is 1. The van der Waals surface area contributed by atoms with Crippen LogP contribution in [0.5, 0.6) is 0 Å². The van der Waals surface area contributed by atoms with Gasteiger partial charge < -0.3 is 10.1 Å². The molecule has 0 aliphatic heterocycles. The molecule has 0 aliphatic rings. The molecule has 1 amide bonds. The first kappa shape index (κ1) is 15.7. The Kier molecular flexibility index (Phi) is 5.58. The minimum atomic E-state index is -0.526. The van der Waals surface area contributed by atoms with Crippen LogP contribution in [0.3, 0.4) is 0 Å². The first-order valence-electron chi connectivity index (χ1n) is 5.42. The van der Waals surface area contributed by atoms with Crippen LogP contribution >= 0.6 is 27.5 Å². The third-order valence-electron chi connectivity index (χ3n) is 1.64. The quantitative estimate of drug-likeness (QED) is 0.794. The number of aromatic nitrogens is 2. The van der Waals surface area contributed by atoms with Gasteiger partial charge in [-0.3, -0.25) is 0 Å². The van der Waals surface area contributed by atoms with Crippen molar-refractivity contribution in [3.63, 3.8) is 0 Å². The maximum absolute atomic E-state index is 11.3. The Morgan fingerprint density at radius 1 is 1.53 bits per heavy atom. The second-order valence-corrected chi connectivity index (χ2v) is 5.76. The van der Waals surface area contributed by atoms with Crippen LogP contribution < -0.4 is 5.32 Å². The van der Waals surface area contributed by atoms with Gasteiger partial charge in [-0.1, -0.05) is 17.5 Å². The van der Waals surface area contributed by atoms with Crippen LogP contribution in [0, 0.1) is 11.8 Å². The molecule has 1 N–H and O–H groups in total. The Balaban J connectivity index is 2.50. The Bertz CT molecular complexity index is 532. The van der Waals surface area contributed by atoms with Gasteiger partial charge in [0.25, 0.3) is 0 Å². The molecule has 0 atom stereocenters. The van der Waals surface area contributed by atoms with Crippen LogP contribution in [0.25, 0.3) is 0 Å². The topological polar surface area (TPSA) is 64.1 Å². The van der Waals surface area contributed by atoms with E-state index in [1.165, 1.54) is 0 Å². The highest BCUT2D eigenvalue weighted by Crippen LogP contribution is 2.15. The zero-order valence-electron chi connectivity index (χ0n) is 10.8. The molecule has 1 heterocycles. The molecule has 0 aromatic carbocycles. The predicted molar refractivity (Wildman–Crippen MR) is 75.9 cm³/mol. The molecule has 1 aromatic heterocycles. The molecular formula is C12H13BrClN3O2. The molecule has 1 rings (SSSR count). The van der Waals surface area contributed by atoms with E-state index in [9.17, 15) is 4.79 Å².